The van der Waals surface area contributed by atoms with E-state index >= 15 is 0 Å². The van der Waals surface area contributed by atoms with Gasteiger partial charge in [0.15, 0.2) is 11.2 Å². The molecule has 8 heteroatoms. The molecule has 0 aliphatic rings. The summed E-state index contributed by atoms with van der Waals surface area (Å²) in [6.07, 6.45) is 0. The zero-order valence-electron chi connectivity index (χ0n) is 14.9. The molecule has 0 saturated carbocycles. The van der Waals surface area contributed by atoms with Crippen LogP contribution in [0.3, 0.4) is 0 Å². The van der Waals surface area contributed by atoms with Gasteiger partial charge in [0.2, 0.25) is 5.91 Å². The number of carbonyl (C=O) groups excluding carboxylic acids is 2. The summed E-state index contributed by atoms with van der Waals surface area (Å²) in [7, 11) is 0. The van der Waals surface area contributed by atoms with Crippen molar-refractivity contribution in [2.75, 3.05) is 18.4 Å². The molecule has 3 rings (SSSR count). The van der Waals surface area contributed by atoms with Crippen LogP contribution >= 0.6 is 0 Å². The molecule has 1 heterocycles. The molecular weight excluding hydrogens is 370 g/mol. The molecule has 28 heavy (non-hydrogen) atoms. The number of hydrogen-bond acceptors (Lipinski definition) is 4. The molecule has 0 spiro atoms. The smallest absolute Gasteiger partial charge is 0.290 e. The number of para-hydroxylation sites is 2. The summed E-state index contributed by atoms with van der Waals surface area (Å²) in [5.41, 5.74) is -0.736. The Bertz CT molecular complexity index is 1090. The third kappa shape index (κ3) is 3.90. The summed E-state index contributed by atoms with van der Waals surface area (Å²) in [6.45, 7) is 1.26. The van der Waals surface area contributed by atoms with Gasteiger partial charge in [-0.25, -0.2) is 8.78 Å². The van der Waals surface area contributed by atoms with Crippen LogP contribution in [0.4, 0.5) is 14.5 Å². The summed E-state index contributed by atoms with van der Waals surface area (Å²) in [4.78, 5) is 38.1. The number of fused-ring (bicyclic) bond motifs is 1. The van der Waals surface area contributed by atoms with Crippen LogP contribution in [-0.4, -0.2) is 29.8 Å². The fraction of sp³-hybridized carbons (Fsp3) is 0.150. The molecule has 144 valence electrons. The number of likely N-dealkylation sites (N-methyl/N-ethyl adjacent to an activating group) is 1. The van der Waals surface area contributed by atoms with Crippen LogP contribution in [0.1, 0.15) is 17.5 Å². The van der Waals surface area contributed by atoms with E-state index in [1.807, 2.05) is 0 Å². The van der Waals surface area contributed by atoms with Crippen molar-refractivity contribution in [1.82, 2.24) is 4.90 Å². The highest BCUT2D eigenvalue weighted by Crippen LogP contribution is 2.18. The predicted octanol–water partition coefficient (Wildman–Crippen LogP) is 3.17. The monoisotopic (exact) mass is 386 g/mol. The first-order chi connectivity index (χ1) is 13.4. The Balaban J connectivity index is 1.80. The van der Waals surface area contributed by atoms with Gasteiger partial charge in [0.25, 0.3) is 5.91 Å². The molecule has 0 bridgehead atoms. The Morgan fingerprint density at radius 3 is 2.43 bits per heavy atom. The number of hydrogen-bond donors (Lipinski definition) is 1. The molecule has 0 saturated heterocycles. The number of nitrogens with one attached hydrogen (secondary N) is 1. The molecule has 6 nitrogen and oxygen atoms in total. The van der Waals surface area contributed by atoms with Crippen molar-refractivity contribution in [2.45, 2.75) is 6.92 Å². The number of carbonyl (C=O) groups is 2. The largest absolute Gasteiger partial charge is 0.451 e. The van der Waals surface area contributed by atoms with Gasteiger partial charge in [-0.1, -0.05) is 18.2 Å². The zero-order chi connectivity index (χ0) is 20.3. The molecule has 2 aromatic carbocycles. The lowest BCUT2D eigenvalue weighted by Crippen LogP contribution is -2.38. The van der Waals surface area contributed by atoms with Crippen LogP contribution in [-0.2, 0) is 4.79 Å². The van der Waals surface area contributed by atoms with Crippen molar-refractivity contribution in [2.24, 2.45) is 0 Å². The Morgan fingerprint density at radius 2 is 1.75 bits per heavy atom. The van der Waals surface area contributed by atoms with E-state index in [9.17, 15) is 23.2 Å². The minimum absolute atomic E-state index is 0.114. The van der Waals surface area contributed by atoms with Crippen LogP contribution in [0.5, 0.6) is 0 Å². The Hall–Kier alpha value is -3.55. The van der Waals surface area contributed by atoms with Gasteiger partial charge in [-0.05, 0) is 31.2 Å². The molecule has 0 aliphatic heterocycles. The number of anilines is 1. The molecule has 2 amide bonds. The standard InChI is InChI=1S/C20H16F2N2O4/c1-2-24(11-18(26)23-19-13(21)7-5-8-14(19)22)20(27)17-10-15(25)12-6-3-4-9-16(12)28-17/h3-10H,2,11H2,1H3,(H,23,26). The zero-order valence-corrected chi connectivity index (χ0v) is 14.9. The molecule has 0 atom stereocenters. The van der Waals surface area contributed by atoms with Crippen LogP contribution in [0.2, 0.25) is 0 Å². The summed E-state index contributed by atoms with van der Waals surface area (Å²) in [6, 6.07) is 10.7. The minimum atomic E-state index is -0.928. The molecule has 1 N–H and O–H groups in total. The van der Waals surface area contributed by atoms with Crippen molar-refractivity contribution < 1.29 is 22.8 Å². The van der Waals surface area contributed by atoms with Gasteiger partial charge < -0.3 is 14.6 Å². The number of nitrogens with zero attached hydrogens (tertiary/aromatic N) is 1. The Kier molecular flexibility index (Phi) is 5.49. The van der Waals surface area contributed by atoms with Crippen LogP contribution < -0.4 is 10.7 Å². The van der Waals surface area contributed by atoms with Crippen molar-refractivity contribution in [3.05, 3.63) is 76.1 Å². The highest BCUT2D eigenvalue weighted by molar-refractivity contribution is 5.98. The second kappa shape index (κ2) is 7.99. The quantitative estimate of drug-likeness (QED) is 0.731. The predicted molar refractivity (Wildman–Crippen MR) is 99.0 cm³/mol. The average Bonchev–Trinajstić information content (AvgIpc) is 2.68. The number of benzene rings is 2. The third-order valence-electron chi connectivity index (χ3n) is 4.08. The van der Waals surface area contributed by atoms with Crippen molar-refractivity contribution >= 4 is 28.5 Å². The van der Waals surface area contributed by atoms with E-state index in [2.05, 4.69) is 5.32 Å². The number of amides is 2. The van der Waals surface area contributed by atoms with Crippen molar-refractivity contribution in [3.63, 3.8) is 0 Å². The highest BCUT2D eigenvalue weighted by atomic mass is 19.1. The van der Waals surface area contributed by atoms with E-state index in [1.54, 1.807) is 31.2 Å². The second-order valence-electron chi connectivity index (χ2n) is 5.94. The van der Waals surface area contributed by atoms with Crippen LogP contribution in [0.25, 0.3) is 11.0 Å². The van der Waals surface area contributed by atoms with Gasteiger partial charge in [-0.2, -0.15) is 0 Å². The lowest BCUT2D eigenvalue weighted by Gasteiger charge is -2.20. The van der Waals surface area contributed by atoms with Gasteiger partial charge in [0.1, 0.15) is 29.4 Å². The molecular formula is C20H16F2N2O4. The van der Waals surface area contributed by atoms with Gasteiger partial charge in [-0.15, -0.1) is 0 Å². The lowest BCUT2D eigenvalue weighted by atomic mass is 10.2. The minimum Gasteiger partial charge on any atom is -0.451 e. The summed E-state index contributed by atoms with van der Waals surface area (Å²) in [5, 5.41) is 2.44. The fourth-order valence-electron chi connectivity index (χ4n) is 2.66. The summed E-state index contributed by atoms with van der Waals surface area (Å²) < 4.78 is 32.8. The number of rotatable bonds is 5. The molecule has 1 aromatic heterocycles. The Morgan fingerprint density at radius 1 is 1.07 bits per heavy atom. The molecule has 0 fully saturated rings. The molecule has 0 radical (unpaired) electrons. The topological polar surface area (TPSA) is 79.6 Å². The van der Waals surface area contributed by atoms with Crippen molar-refractivity contribution in [1.29, 1.82) is 0 Å². The molecule has 0 aliphatic carbocycles. The summed E-state index contributed by atoms with van der Waals surface area (Å²) >= 11 is 0. The SMILES string of the molecule is CCN(CC(=O)Nc1c(F)cccc1F)C(=O)c1cc(=O)c2ccccc2o1. The van der Waals surface area contributed by atoms with E-state index in [-0.39, 0.29) is 23.3 Å². The van der Waals surface area contributed by atoms with Crippen LogP contribution in [0, 0.1) is 11.6 Å². The number of halogens is 2. The average molecular weight is 386 g/mol. The maximum absolute atomic E-state index is 13.7. The van der Waals surface area contributed by atoms with E-state index in [4.69, 9.17) is 4.42 Å². The van der Waals surface area contributed by atoms with Gasteiger partial charge in [0.05, 0.1) is 5.39 Å². The van der Waals surface area contributed by atoms with Crippen LogP contribution in [0.15, 0.2) is 57.7 Å². The molecule has 0 unspecified atom stereocenters. The van der Waals surface area contributed by atoms with Gasteiger partial charge in [-0.3, -0.25) is 14.4 Å². The van der Waals surface area contributed by atoms with E-state index < -0.39 is 35.7 Å². The maximum Gasteiger partial charge on any atom is 0.290 e. The lowest BCUT2D eigenvalue weighted by molar-refractivity contribution is -0.116. The first-order valence-corrected chi connectivity index (χ1v) is 8.46. The molecule has 3 aromatic rings. The van der Waals surface area contributed by atoms with E-state index in [0.29, 0.717) is 5.39 Å². The Labute approximate surface area is 158 Å². The van der Waals surface area contributed by atoms with E-state index in [0.717, 1.165) is 23.1 Å². The first kappa shape index (κ1) is 19.2. The van der Waals surface area contributed by atoms with E-state index in [1.165, 1.54) is 6.07 Å². The third-order valence-corrected chi connectivity index (χ3v) is 4.08. The summed E-state index contributed by atoms with van der Waals surface area (Å²) in [5.74, 6) is -3.56. The normalized spacial score (nSPS) is 10.7. The van der Waals surface area contributed by atoms with Gasteiger partial charge >= 0.3 is 0 Å². The van der Waals surface area contributed by atoms with Crippen molar-refractivity contribution in [3.8, 4) is 0 Å². The maximum atomic E-state index is 13.7. The highest BCUT2D eigenvalue weighted by Gasteiger charge is 2.22. The fourth-order valence-corrected chi connectivity index (χ4v) is 2.66. The van der Waals surface area contributed by atoms with Gasteiger partial charge in [0, 0.05) is 12.6 Å². The second-order valence-corrected chi connectivity index (χ2v) is 5.94. The first-order valence-electron chi connectivity index (χ1n) is 8.46.